The molecule has 0 saturated carbocycles. The fourth-order valence-electron chi connectivity index (χ4n) is 3.52. The summed E-state index contributed by atoms with van der Waals surface area (Å²) in [6, 6.07) is 11.7. The van der Waals surface area contributed by atoms with Crippen molar-refractivity contribution in [3.05, 3.63) is 47.0 Å². The van der Waals surface area contributed by atoms with Crippen molar-refractivity contribution in [2.45, 2.75) is 25.8 Å². The molecule has 2 aromatic rings. The normalized spacial score (nSPS) is 18.2. The number of ether oxygens (including phenoxy) is 2. The molecule has 5 nitrogen and oxygen atoms in total. The molecular weight excluding hydrogens is 352 g/mol. The van der Waals surface area contributed by atoms with Gasteiger partial charge in [-0.3, -0.25) is 4.79 Å². The number of amides is 1. The summed E-state index contributed by atoms with van der Waals surface area (Å²) < 4.78 is 11.3. The van der Waals surface area contributed by atoms with E-state index in [1.807, 2.05) is 23.1 Å². The molecule has 0 aromatic heterocycles. The van der Waals surface area contributed by atoms with Gasteiger partial charge in [-0.2, -0.15) is 0 Å². The first-order valence-corrected chi connectivity index (χ1v) is 9.24. The molecule has 0 spiro atoms. The van der Waals surface area contributed by atoms with Gasteiger partial charge < -0.3 is 19.7 Å². The van der Waals surface area contributed by atoms with Crippen LogP contribution >= 0.6 is 11.6 Å². The zero-order valence-corrected chi connectivity index (χ0v) is 15.4. The van der Waals surface area contributed by atoms with Crippen LogP contribution in [0.3, 0.4) is 0 Å². The maximum atomic E-state index is 12.8. The lowest BCUT2D eigenvalue weighted by atomic mass is 10.1. The lowest BCUT2D eigenvalue weighted by Gasteiger charge is -2.23. The molecule has 0 bridgehead atoms. The van der Waals surface area contributed by atoms with E-state index in [2.05, 4.69) is 18.3 Å². The van der Waals surface area contributed by atoms with Gasteiger partial charge in [0.15, 0.2) is 11.5 Å². The highest BCUT2D eigenvalue weighted by Crippen LogP contribution is 2.38. The molecule has 1 N–H and O–H groups in total. The van der Waals surface area contributed by atoms with E-state index in [9.17, 15) is 4.79 Å². The second-order valence-electron chi connectivity index (χ2n) is 6.63. The van der Waals surface area contributed by atoms with E-state index >= 15 is 0 Å². The van der Waals surface area contributed by atoms with Gasteiger partial charge in [0.25, 0.3) is 0 Å². The number of fused-ring (bicyclic) bond motifs is 2. The molecular formula is C20H21ClN2O3. The van der Waals surface area contributed by atoms with Gasteiger partial charge in [-0.05, 0) is 25.0 Å². The lowest BCUT2D eigenvalue weighted by Crippen LogP contribution is -2.39. The van der Waals surface area contributed by atoms with E-state index in [4.69, 9.17) is 21.1 Å². The molecule has 2 aromatic carbocycles. The Bertz CT molecular complexity index is 840. The van der Waals surface area contributed by atoms with Crippen LogP contribution in [0.5, 0.6) is 11.5 Å². The van der Waals surface area contributed by atoms with Crippen molar-refractivity contribution in [1.29, 1.82) is 0 Å². The quantitative estimate of drug-likeness (QED) is 0.888. The Kier molecular flexibility index (Phi) is 4.64. The molecule has 0 saturated heterocycles. The number of hydrogen-bond acceptors (Lipinski definition) is 4. The van der Waals surface area contributed by atoms with Gasteiger partial charge in [0.1, 0.15) is 0 Å². The van der Waals surface area contributed by atoms with Gasteiger partial charge in [-0.15, -0.1) is 0 Å². The van der Waals surface area contributed by atoms with Gasteiger partial charge in [-0.1, -0.05) is 29.8 Å². The van der Waals surface area contributed by atoms with Crippen molar-refractivity contribution in [3.63, 3.8) is 0 Å². The molecule has 0 aliphatic carbocycles. The highest BCUT2D eigenvalue weighted by molar-refractivity contribution is 6.33. The molecule has 0 unspecified atom stereocenters. The van der Waals surface area contributed by atoms with Crippen LogP contribution in [-0.4, -0.2) is 31.7 Å². The number of carbonyl (C=O) groups excluding carboxylic acids is 1. The number of nitrogens with one attached hydrogen (secondary N) is 1. The third-order valence-electron chi connectivity index (χ3n) is 4.74. The summed E-state index contributed by atoms with van der Waals surface area (Å²) in [7, 11) is 0. The van der Waals surface area contributed by atoms with Crippen molar-refractivity contribution in [1.82, 2.24) is 0 Å². The lowest BCUT2D eigenvalue weighted by molar-refractivity contribution is -0.117. The molecule has 136 valence electrons. The summed E-state index contributed by atoms with van der Waals surface area (Å²) in [5.41, 5.74) is 2.88. The van der Waals surface area contributed by atoms with Gasteiger partial charge in [-0.25, -0.2) is 0 Å². The average Bonchev–Trinajstić information content (AvgIpc) is 2.80. The van der Waals surface area contributed by atoms with Crippen LogP contribution < -0.4 is 19.7 Å². The molecule has 0 fully saturated rings. The van der Waals surface area contributed by atoms with Gasteiger partial charge in [0.05, 0.1) is 30.5 Å². The molecule has 1 atom stereocenters. The molecule has 4 rings (SSSR count). The third-order valence-corrected chi connectivity index (χ3v) is 5.06. The summed E-state index contributed by atoms with van der Waals surface area (Å²) in [5.74, 6) is 1.32. The topological polar surface area (TPSA) is 50.8 Å². The van der Waals surface area contributed by atoms with Crippen molar-refractivity contribution < 1.29 is 14.3 Å². The number of anilines is 2. The van der Waals surface area contributed by atoms with E-state index in [0.29, 0.717) is 35.4 Å². The molecule has 26 heavy (non-hydrogen) atoms. The molecule has 6 heteroatoms. The van der Waals surface area contributed by atoms with Crippen molar-refractivity contribution in [3.8, 4) is 11.5 Å². The van der Waals surface area contributed by atoms with E-state index in [-0.39, 0.29) is 18.5 Å². The van der Waals surface area contributed by atoms with E-state index in [1.54, 1.807) is 12.1 Å². The smallest absolute Gasteiger partial charge is 0.246 e. The van der Waals surface area contributed by atoms with Crippen molar-refractivity contribution in [2.24, 2.45) is 0 Å². The summed E-state index contributed by atoms with van der Waals surface area (Å²) in [4.78, 5) is 14.7. The summed E-state index contributed by atoms with van der Waals surface area (Å²) in [6.07, 6.45) is 1.71. The minimum Gasteiger partial charge on any atom is -0.490 e. The predicted octanol–water partition coefficient (Wildman–Crippen LogP) is 3.89. The van der Waals surface area contributed by atoms with Crippen LogP contribution in [0.2, 0.25) is 5.02 Å². The summed E-state index contributed by atoms with van der Waals surface area (Å²) in [5, 5.41) is 3.66. The second kappa shape index (κ2) is 7.08. The van der Waals surface area contributed by atoms with Crippen LogP contribution in [0.25, 0.3) is 0 Å². The fourth-order valence-corrected chi connectivity index (χ4v) is 3.74. The SMILES string of the molecule is C[C@@H]1Cc2ccccc2N1C(=O)CNc1cc2c(cc1Cl)OCCCO2. The fraction of sp³-hybridized carbons (Fsp3) is 0.350. The highest BCUT2D eigenvalue weighted by atomic mass is 35.5. The Hall–Kier alpha value is -2.40. The van der Waals surface area contributed by atoms with Crippen LogP contribution in [0.1, 0.15) is 18.9 Å². The predicted molar refractivity (Wildman–Crippen MR) is 103 cm³/mol. The Balaban J connectivity index is 1.49. The average molecular weight is 373 g/mol. The first kappa shape index (κ1) is 17.0. The van der Waals surface area contributed by atoms with Crippen LogP contribution in [0.4, 0.5) is 11.4 Å². The summed E-state index contributed by atoms with van der Waals surface area (Å²) in [6.45, 7) is 3.45. The minimum atomic E-state index is 0.0191. The maximum Gasteiger partial charge on any atom is 0.246 e. The zero-order valence-electron chi connectivity index (χ0n) is 14.6. The van der Waals surface area contributed by atoms with Crippen LogP contribution in [0.15, 0.2) is 36.4 Å². The molecule has 0 radical (unpaired) electrons. The van der Waals surface area contributed by atoms with Gasteiger partial charge >= 0.3 is 0 Å². The van der Waals surface area contributed by atoms with Crippen LogP contribution in [-0.2, 0) is 11.2 Å². The van der Waals surface area contributed by atoms with Crippen molar-refractivity contribution in [2.75, 3.05) is 30.0 Å². The number of nitrogens with zero attached hydrogens (tertiary/aromatic N) is 1. The zero-order chi connectivity index (χ0) is 18.1. The molecule has 2 heterocycles. The Morgan fingerprint density at radius 3 is 2.77 bits per heavy atom. The summed E-state index contributed by atoms with van der Waals surface area (Å²) >= 11 is 6.34. The number of rotatable bonds is 3. The largest absolute Gasteiger partial charge is 0.490 e. The second-order valence-corrected chi connectivity index (χ2v) is 7.04. The number of para-hydroxylation sites is 1. The molecule has 1 amide bonds. The highest BCUT2D eigenvalue weighted by Gasteiger charge is 2.30. The number of carbonyl (C=O) groups is 1. The standard InChI is InChI=1S/C20H21ClN2O3/c1-13-9-14-5-2-3-6-17(14)23(13)20(24)12-22-16-11-19-18(10-15(16)21)25-7-4-8-26-19/h2-3,5-6,10-11,13,22H,4,7-9,12H2,1H3/t13-/m1/s1. The van der Waals surface area contributed by atoms with E-state index in [1.165, 1.54) is 5.56 Å². The van der Waals surface area contributed by atoms with Gasteiger partial charge in [0.2, 0.25) is 5.91 Å². The third kappa shape index (κ3) is 3.19. The minimum absolute atomic E-state index is 0.0191. The Morgan fingerprint density at radius 1 is 1.23 bits per heavy atom. The van der Waals surface area contributed by atoms with Crippen LogP contribution in [0, 0.1) is 0 Å². The first-order chi connectivity index (χ1) is 12.6. The Morgan fingerprint density at radius 2 is 1.96 bits per heavy atom. The first-order valence-electron chi connectivity index (χ1n) is 8.86. The maximum absolute atomic E-state index is 12.8. The van der Waals surface area contributed by atoms with E-state index < -0.39 is 0 Å². The van der Waals surface area contributed by atoms with Gasteiger partial charge in [0, 0.05) is 30.3 Å². The molecule has 2 aliphatic rings. The number of benzene rings is 2. The van der Waals surface area contributed by atoms with E-state index in [0.717, 1.165) is 18.5 Å². The number of hydrogen-bond donors (Lipinski definition) is 1. The Labute approximate surface area is 157 Å². The number of halogens is 1. The van der Waals surface area contributed by atoms with Crippen molar-refractivity contribution >= 4 is 28.9 Å². The monoisotopic (exact) mass is 372 g/mol. The molecule has 2 aliphatic heterocycles.